The highest BCUT2D eigenvalue weighted by molar-refractivity contribution is 8.14. The van der Waals surface area contributed by atoms with Gasteiger partial charge in [-0.2, -0.15) is 0 Å². The zero-order chi connectivity index (χ0) is 19.7. The fourth-order valence-corrected chi connectivity index (χ4v) is 5.15. The van der Waals surface area contributed by atoms with Gasteiger partial charge in [-0.05, 0) is 43.7 Å². The lowest BCUT2D eigenvalue weighted by Crippen LogP contribution is -2.28. The fraction of sp³-hybridized carbons (Fsp3) is 0.429. The number of aromatic nitrogens is 1. The molecule has 1 fully saturated rings. The van der Waals surface area contributed by atoms with Crippen LogP contribution in [0.5, 0.6) is 11.5 Å². The van der Waals surface area contributed by atoms with Gasteiger partial charge in [-0.15, -0.1) is 0 Å². The van der Waals surface area contributed by atoms with Crippen molar-refractivity contribution in [2.24, 2.45) is 4.99 Å². The van der Waals surface area contributed by atoms with Crippen LogP contribution in [0.25, 0.3) is 0 Å². The summed E-state index contributed by atoms with van der Waals surface area (Å²) >= 11 is 8.43. The van der Waals surface area contributed by atoms with Crippen LogP contribution < -0.4 is 9.47 Å². The van der Waals surface area contributed by atoms with Crippen molar-refractivity contribution in [2.45, 2.75) is 38.1 Å². The van der Waals surface area contributed by atoms with E-state index >= 15 is 0 Å². The molecule has 7 heteroatoms. The lowest BCUT2D eigenvalue weighted by molar-refractivity contribution is 0.284. The van der Waals surface area contributed by atoms with E-state index in [0.717, 1.165) is 23.0 Å². The molecule has 4 rings (SSSR count). The van der Waals surface area contributed by atoms with Crippen molar-refractivity contribution >= 4 is 28.5 Å². The second-order valence-corrected chi connectivity index (χ2v) is 8.65. The Labute approximate surface area is 175 Å². The van der Waals surface area contributed by atoms with Gasteiger partial charge < -0.3 is 14.4 Å². The number of hydrogen-bond donors (Lipinski definition) is 0. The minimum atomic E-state index is -0.0697. The first-order valence-corrected chi connectivity index (χ1v) is 10.9. The molecule has 148 valence electrons. The first-order valence-electron chi connectivity index (χ1n) is 9.63. The SMILES string of the molecule is CCOc1cc([C@H]2[C@H](c3ccccn3)N=C3S[C@@H](C)CN32)cc(Cl)c1OCC. The molecule has 0 unspecified atom stereocenters. The summed E-state index contributed by atoms with van der Waals surface area (Å²) in [5.74, 6) is 1.28. The van der Waals surface area contributed by atoms with Crippen molar-refractivity contribution in [3.63, 3.8) is 0 Å². The number of benzene rings is 1. The molecule has 1 aromatic heterocycles. The molecule has 0 saturated carbocycles. The van der Waals surface area contributed by atoms with E-state index in [2.05, 4.69) is 16.8 Å². The number of fused-ring (bicyclic) bond motifs is 1. The van der Waals surface area contributed by atoms with Crippen molar-refractivity contribution in [1.82, 2.24) is 9.88 Å². The molecule has 0 amide bonds. The van der Waals surface area contributed by atoms with Crippen LogP contribution in [0.2, 0.25) is 5.02 Å². The van der Waals surface area contributed by atoms with Gasteiger partial charge in [-0.3, -0.25) is 9.98 Å². The normalized spacial score (nSPS) is 23.5. The van der Waals surface area contributed by atoms with Gasteiger partial charge in [-0.1, -0.05) is 36.4 Å². The summed E-state index contributed by atoms with van der Waals surface area (Å²) in [6.45, 7) is 8.17. The standard InChI is InChI=1S/C21H24ClN3O2S/c1-4-26-17-11-14(10-15(22)20(17)27-5-2)19-18(16-8-6-7-9-23-16)24-21-25(19)12-13(3)28-21/h6-11,13,18-19H,4-5,12H2,1-3H3/t13-,18-,19-/m0/s1. The van der Waals surface area contributed by atoms with E-state index in [9.17, 15) is 0 Å². The van der Waals surface area contributed by atoms with Crippen LogP contribution in [0.4, 0.5) is 0 Å². The van der Waals surface area contributed by atoms with Crippen LogP contribution in [-0.2, 0) is 0 Å². The maximum Gasteiger partial charge on any atom is 0.179 e. The number of halogens is 1. The molecular formula is C21H24ClN3O2S. The van der Waals surface area contributed by atoms with E-state index in [1.165, 1.54) is 0 Å². The number of rotatable bonds is 6. The summed E-state index contributed by atoms with van der Waals surface area (Å²) in [7, 11) is 0. The lowest BCUT2D eigenvalue weighted by atomic mass is 9.96. The molecule has 1 aromatic carbocycles. The molecule has 3 heterocycles. The number of ether oxygens (including phenoxy) is 2. The summed E-state index contributed by atoms with van der Waals surface area (Å²) < 4.78 is 11.6. The van der Waals surface area contributed by atoms with Gasteiger partial charge in [-0.25, -0.2) is 0 Å². The number of pyridine rings is 1. The van der Waals surface area contributed by atoms with Crippen LogP contribution in [0.1, 0.15) is 44.1 Å². The Hall–Kier alpha value is -1.92. The van der Waals surface area contributed by atoms with Crippen molar-refractivity contribution in [2.75, 3.05) is 19.8 Å². The Bertz CT molecular complexity index is 877. The molecule has 0 N–H and O–H groups in total. The lowest BCUT2D eigenvalue weighted by Gasteiger charge is -2.28. The predicted molar refractivity (Wildman–Crippen MR) is 115 cm³/mol. The first kappa shape index (κ1) is 19.4. The highest BCUT2D eigenvalue weighted by Gasteiger charge is 2.44. The Morgan fingerprint density at radius 3 is 2.75 bits per heavy atom. The van der Waals surface area contributed by atoms with Gasteiger partial charge in [0.1, 0.15) is 6.04 Å². The molecule has 2 aromatic rings. The van der Waals surface area contributed by atoms with Crippen molar-refractivity contribution in [1.29, 1.82) is 0 Å². The molecule has 5 nitrogen and oxygen atoms in total. The van der Waals surface area contributed by atoms with Crippen molar-refractivity contribution < 1.29 is 9.47 Å². The van der Waals surface area contributed by atoms with Crippen LogP contribution in [0.15, 0.2) is 41.5 Å². The Morgan fingerprint density at radius 2 is 2.04 bits per heavy atom. The zero-order valence-electron chi connectivity index (χ0n) is 16.3. The monoisotopic (exact) mass is 417 g/mol. The third-order valence-corrected chi connectivity index (χ3v) is 6.23. The van der Waals surface area contributed by atoms with Crippen molar-refractivity contribution in [3.8, 4) is 11.5 Å². The largest absolute Gasteiger partial charge is 0.490 e. The van der Waals surface area contributed by atoms with E-state index in [4.69, 9.17) is 26.1 Å². The number of aliphatic imine (C=N–C) groups is 1. The number of thioether (sulfide) groups is 1. The van der Waals surface area contributed by atoms with Crippen LogP contribution >= 0.6 is 23.4 Å². The van der Waals surface area contributed by atoms with Gasteiger partial charge in [0.05, 0.1) is 30.0 Å². The summed E-state index contributed by atoms with van der Waals surface area (Å²) in [6, 6.07) is 9.98. The Kier molecular flexibility index (Phi) is 5.69. The highest BCUT2D eigenvalue weighted by atomic mass is 35.5. The minimum Gasteiger partial charge on any atom is -0.490 e. The number of amidine groups is 1. The van der Waals surface area contributed by atoms with Gasteiger partial charge in [0.2, 0.25) is 0 Å². The second kappa shape index (κ2) is 8.21. The summed E-state index contributed by atoms with van der Waals surface area (Å²) in [6.07, 6.45) is 1.82. The average Bonchev–Trinajstić information content (AvgIpc) is 3.21. The Balaban J connectivity index is 1.79. The Morgan fingerprint density at radius 1 is 1.21 bits per heavy atom. The molecule has 1 saturated heterocycles. The molecule has 2 aliphatic heterocycles. The molecule has 0 aliphatic carbocycles. The highest BCUT2D eigenvalue weighted by Crippen LogP contribution is 2.49. The molecule has 0 bridgehead atoms. The second-order valence-electron chi connectivity index (χ2n) is 6.83. The average molecular weight is 418 g/mol. The number of hydrogen-bond acceptors (Lipinski definition) is 6. The van der Waals surface area contributed by atoms with Gasteiger partial charge in [0.15, 0.2) is 16.7 Å². The third kappa shape index (κ3) is 3.55. The maximum atomic E-state index is 6.61. The quantitative estimate of drug-likeness (QED) is 0.652. The summed E-state index contributed by atoms with van der Waals surface area (Å²) in [5.41, 5.74) is 2.03. The van der Waals surface area contributed by atoms with Crippen LogP contribution in [0.3, 0.4) is 0 Å². The molecular weight excluding hydrogens is 394 g/mol. The van der Waals surface area contributed by atoms with E-state index in [1.807, 2.05) is 62.1 Å². The van der Waals surface area contributed by atoms with E-state index in [-0.39, 0.29) is 12.1 Å². The molecule has 0 spiro atoms. The van der Waals surface area contributed by atoms with E-state index in [1.54, 1.807) is 0 Å². The first-order chi connectivity index (χ1) is 13.6. The summed E-state index contributed by atoms with van der Waals surface area (Å²) in [4.78, 5) is 12.0. The maximum absolute atomic E-state index is 6.61. The molecule has 3 atom stereocenters. The van der Waals surface area contributed by atoms with Crippen molar-refractivity contribution in [3.05, 3.63) is 52.8 Å². The van der Waals surface area contributed by atoms with Crippen LogP contribution in [0, 0.1) is 0 Å². The summed E-state index contributed by atoms with van der Waals surface area (Å²) in [5, 5.41) is 2.16. The fourth-order valence-electron chi connectivity index (χ4n) is 3.78. The smallest absolute Gasteiger partial charge is 0.179 e. The minimum absolute atomic E-state index is 0.0368. The third-order valence-electron chi connectivity index (χ3n) is 4.84. The van der Waals surface area contributed by atoms with Gasteiger partial charge >= 0.3 is 0 Å². The van der Waals surface area contributed by atoms with Gasteiger partial charge in [0, 0.05) is 18.0 Å². The molecule has 28 heavy (non-hydrogen) atoms. The zero-order valence-corrected chi connectivity index (χ0v) is 17.8. The number of nitrogens with zero attached hydrogens (tertiary/aromatic N) is 3. The van der Waals surface area contributed by atoms with E-state index in [0.29, 0.717) is 35.0 Å². The van der Waals surface area contributed by atoms with E-state index < -0.39 is 0 Å². The molecule has 0 radical (unpaired) electrons. The predicted octanol–water partition coefficient (Wildman–Crippen LogP) is 5.12. The topological polar surface area (TPSA) is 47.0 Å². The van der Waals surface area contributed by atoms with Crippen LogP contribution in [-0.4, -0.2) is 40.1 Å². The van der Waals surface area contributed by atoms with Gasteiger partial charge in [0.25, 0.3) is 0 Å². The molecule has 2 aliphatic rings.